The van der Waals surface area contributed by atoms with Gasteiger partial charge in [0.05, 0.1) is 11.2 Å². The second-order valence-corrected chi connectivity index (χ2v) is 11.1. The number of fused-ring (bicyclic) bond motifs is 2. The average molecular weight is 587 g/mol. The predicted molar refractivity (Wildman–Crippen MR) is 158 cm³/mol. The van der Waals surface area contributed by atoms with E-state index in [-0.39, 0.29) is 12.0 Å². The van der Waals surface area contributed by atoms with Crippen LogP contribution in [0.5, 0.6) is 0 Å². The van der Waals surface area contributed by atoms with Gasteiger partial charge in [0.1, 0.15) is 22.9 Å². The smallest absolute Gasteiger partial charge is 0.419 e. The molecule has 0 unspecified atom stereocenters. The highest BCUT2D eigenvalue weighted by Crippen LogP contribution is 2.35. The third-order valence-electron chi connectivity index (χ3n) is 6.55. The van der Waals surface area contributed by atoms with Gasteiger partial charge in [-0.1, -0.05) is 48.0 Å². The SMILES string of the molecule is CC(C)(C)OC(=O)n1c(-c2ccccc2C[C@@H](NC(=O)c2cnc3ccccn3c2=O)C(=O)O)cc2c(Cl)cccc21. The molecule has 11 heteroatoms. The Morgan fingerprint density at radius 1 is 1.05 bits per heavy atom. The molecule has 0 saturated carbocycles. The predicted octanol–water partition coefficient (Wildman–Crippen LogP) is 5.18. The Morgan fingerprint density at radius 2 is 1.79 bits per heavy atom. The van der Waals surface area contributed by atoms with Crippen molar-refractivity contribution in [3.8, 4) is 11.3 Å². The van der Waals surface area contributed by atoms with Crippen LogP contribution in [-0.4, -0.2) is 48.7 Å². The summed E-state index contributed by atoms with van der Waals surface area (Å²) in [5, 5.41) is 13.5. The maximum absolute atomic E-state index is 13.4. The number of carboxylic acids is 1. The lowest BCUT2D eigenvalue weighted by atomic mass is 9.97. The first-order valence-corrected chi connectivity index (χ1v) is 13.4. The van der Waals surface area contributed by atoms with Crippen molar-refractivity contribution in [2.24, 2.45) is 0 Å². The van der Waals surface area contributed by atoms with Crippen LogP contribution in [0.1, 0.15) is 36.7 Å². The number of aromatic nitrogens is 3. The minimum Gasteiger partial charge on any atom is -0.480 e. The number of amides is 1. The molecule has 2 aromatic carbocycles. The molecule has 0 radical (unpaired) electrons. The van der Waals surface area contributed by atoms with Crippen LogP contribution in [0.4, 0.5) is 4.79 Å². The first kappa shape index (κ1) is 28.6. The van der Waals surface area contributed by atoms with E-state index in [1.807, 2.05) is 0 Å². The van der Waals surface area contributed by atoms with Crippen LogP contribution in [0.15, 0.2) is 83.9 Å². The molecule has 3 aromatic heterocycles. The molecular weight excluding hydrogens is 560 g/mol. The maximum Gasteiger partial charge on any atom is 0.419 e. The van der Waals surface area contributed by atoms with Gasteiger partial charge in [0.15, 0.2) is 0 Å². The Morgan fingerprint density at radius 3 is 2.52 bits per heavy atom. The summed E-state index contributed by atoms with van der Waals surface area (Å²) in [7, 11) is 0. The highest BCUT2D eigenvalue weighted by Gasteiger charge is 2.27. The molecule has 0 spiro atoms. The second-order valence-electron chi connectivity index (χ2n) is 10.6. The Balaban J connectivity index is 1.54. The monoisotopic (exact) mass is 586 g/mol. The van der Waals surface area contributed by atoms with E-state index >= 15 is 0 Å². The van der Waals surface area contributed by atoms with Crippen LogP contribution in [0, 0.1) is 0 Å². The number of carboxylic acid groups (broad SMARTS) is 1. The van der Waals surface area contributed by atoms with Crippen LogP contribution >= 0.6 is 11.6 Å². The van der Waals surface area contributed by atoms with Gasteiger partial charge in [-0.05, 0) is 56.7 Å². The third-order valence-corrected chi connectivity index (χ3v) is 6.88. The van der Waals surface area contributed by atoms with Gasteiger partial charge < -0.3 is 15.2 Å². The molecule has 0 aliphatic heterocycles. The number of aliphatic carboxylic acids is 1. The molecule has 2 N–H and O–H groups in total. The molecule has 0 saturated heterocycles. The van der Waals surface area contributed by atoms with E-state index in [2.05, 4.69) is 10.3 Å². The molecule has 42 heavy (non-hydrogen) atoms. The first-order chi connectivity index (χ1) is 19.9. The zero-order chi connectivity index (χ0) is 30.2. The Hall–Kier alpha value is -4.96. The highest BCUT2D eigenvalue weighted by atomic mass is 35.5. The number of pyridine rings is 1. The van der Waals surface area contributed by atoms with Crippen LogP contribution < -0.4 is 10.9 Å². The van der Waals surface area contributed by atoms with Crippen LogP contribution in [0.25, 0.3) is 27.8 Å². The number of hydrogen-bond donors (Lipinski definition) is 2. The number of nitrogens with zero attached hydrogens (tertiary/aromatic N) is 3. The molecule has 1 atom stereocenters. The highest BCUT2D eigenvalue weighted by molar-refractivity contribution is 6.35. The molecule has 5 rings (SSSR count). The van der Waals surface area contributed by atoms with Crippen LogP contribution in [-0.2, 0) is 16.0 Å². The summed E-state index contributed by atoms with van der Waals surface area (Å²) >= 11 is 6.47. The molecular formula is C31H27ClN4O6. The van der Waals surface area contributed by atoms with Gasteiger partial charge in [0.25, 0.3) is 11.5 Å². The van der Waals surface area contributed by atoms with E-state index in [0.717, 1.165) is 6.20 Å². The average Bonchev–Trinajstić information content (AvgIpc) is 3.33. The van der Waals surface area contributed by atoms with Crippen molar-refractivity contribution in [3.63, 3.8) is 0 Å². The fraction of sp³-hybridized carbons (Fsp3) is 0.194. The molecule has 0 bridgehead atoms. The van der Waals surface area contributed by atoms with Crippen LogP contribution in [0.2, 0.25) is 5.02 Å². The standard InChI is InChI=1S/C31H27ClN4O6/c1-31(2,3)42-30(41)36-24-12-8-11-22(32)20(24)16-25(36)19-10-5-4-9-18(19)15-23(29(39)40)34-27(37)21-17-33-26-13-6-7-14-35(26)28(21)38/h4-14,16-17,23H,15H2,1-3H3,(H,34,37)(H,39,40)/t23-/m1/s1. The van der Waals surface area contributed by atoms with Gasteiger partial charge >= 0.3 is 12.1 Å². The summed E-state index contributed by atoms with van der Waals surface area (Å²) in [4.78, 5) is 55.9. The van der Waals surface area contributed by atoms with Gasteiger partial charge in [0, 0.05) is 34.8 Å². The van der Waals surface area contributed by atoms with E-state index in [4.69, 9.17) is 16.3 Å². The normalized spacial score (nSPS) is 12.3. The van der Waals surface area contributed by atoms with E-state index in [1.165, 1.54) is 15.2 Å². The quantitative estimate of drug-likeness (QED) is 0.280. The van der Waals surface area contributed by atoms with Gasteiger partial charge in [-0.3, -0.25) is 14.0 Å². The van der Waals surface area contributed by atoms with Crippen molar-refractivity contribution in [3.05, 3.63) is 106 Å². The molecule has 3 heterocycles. The lowest BCUT2D eigenvalue weighted by Gasteiger charge is -2.22. The van der Waals surface area contributed by atoms with Gasteiger partial charge in [-0.25, -0.2) is 19.1 Å². The number of halogens is 1. The van der Waals surface area contributed by atoms with Gasteiger partial charge in [-0.15, -0.1) is 0 Å². The van der Waals surface area contributed by atoms with Crippen molar-refractivity contribution < 1.29 is 24.2 Å². The summed E-state index contributed by atoms with van der Waals surface area (Å²) in [6.07, 6.45) is 1.82. The molecule has 1 amide bonds. The number of benzene rings is 2. The molecule has 0 fully saturated rings. The van der Waals surface area contributed by atoms with E-state index in [0.29, 0.717) is 38.4 Å². The molecule has 0 aliphatic rings. The van der Waals surface area contributed by atoms with Crippen molar-refractivity contribution in [1.82, 2.24) is 19.3 Å². The van der Waals surface area contributed by atoms with Crippen molar-refractivity contribution in [2.75, 3.05) is 0 Å². The number of rotatable bonds is 6. The minimum atomic E-state index is -1.41. The number of ether oxygens (including phenoxy) is 1. The first-order valence-electron chi connectivity index (χ1n) is 13.1. The Bertz CT molecular complexity index is 1920. The number of nitrogens with one attached hydrogen (secondary N) is 1. The zero-order valence-electron chi connectivity index (χ0n) is 23.0. The topological polar surface area (TPSA) is 132 Å². The lowest BCUT2D eigenvalue weighted by Crippen LogP contribution is -2.44. The van der Waals surface area contributed by atoms with Crippen LogP contribution in [0.3, 0.4) is 0 Å². The van der Waals surface area contributed by atoms with Crippen molar-refractivity contribution >= 4 is 46.1 Å². The fourth-order valence-electron chi connectivity index (χ4n) is 4.68. The summed E-state index contributed by atoms with van der Waals surface area (Å²) in [6, 6.07) is 17.4. The van der Waals surface area contributed by atoms with Crippen molar-refractivity contribution in [1.29, 1.82) is 0 Å². The summed E-state index contributed by atoms with van der Waals surface area (Å²) in [5.74, 6) is -2.17. The maximum atomic E-state index is 13.4. The summed E-state index contributed by atoms with van der Waals surface area (Å²) in [6.45, 7) is 5.27. The molecule has 5 aromatic rings. The van der Waals surface area contributed by atoms with E-state index in [9.17, 15) is 24.3 Å². The minimum absolute atomic E-state index is 0.150. The van der Waals surface area contributed by atoms with Crippen molar-refractivity contribution in [2.45, 2.75) is 38.8 Å². The second kappa shape index (κ2) is 11.1. The fourth-order valence-corrected chi connectivity index (χ4v) is 4.91. The van der Waals surface area contributed by atoms with E-state index in [1.54, 1.807) is 87.5 Å². The molecule has 10 nitrogen and oxygen atoms in total. The summed E-state index contributed by atoms with van der Waals surface area (Å²) in [5.41, 5.74) is 0.690. The van der Waals surface area contributed by atoms with Gasteiger partial charge in [-0.2, -0.15) is 0 Å². The summed E-state index contributed by atoms with van der Waals surface area (Å²) < 4.78 is 8.30. The third kappa shape index (κ3) is 5.61. The van der Waals surface area contributed by atoms with E-state index < -0.39 is 35.2 Å². The lowest BCUT2D eigenvalue weighted by molar-refractivity contribution is -0.139. The molecule has 0 aliphatic carbocycles. The Kier molecular flexibility index (Phi) is 7.57. The molecule has 214 valence electrons. The number of hydrogen-bond acceptors (Lipinski definition) is 6. The number of carbonyl (C=O) groups is 3. The van der Waals surface area contributed by atoms with Gasteiger partial charge in [0.2, 0.25) is 0 Å². The zero-order valence-corrected chi connectivity index (χ0v) is 23.8. The Labute approximate surface area is 245 Å². The largest absolute Gasteiger partial charge is 0.480 e. The number of carbonyl (C=O) groups excluding carboxylic acids is 2.